The van der Waals surface area contributed by atoms with Gasteiger partial charge in [0.05, 0.1) is 11.3 Å². The normalized spacial score (nSPS) is 10.6. The number of aromatic nitrogens is 2. The van der Waals surface area contributed by atoms with Crippen LogP contribution in [0.4, 0.5) is 0 Å². The molecule has 0 aliphatic heterocycles. The molecular weight excluding hydrogens is 274 g/mol. The summed E-state index contributed by atoms with van der Waals surface area (Å²) in [5.41, 5.74) is 1.70. The molecule has 0 aliphatic rings. The van der Waals surface area contributed by atoms with Crippen molar-refractivity contribution in [3.63, 3.8) is 0 Å². The summed E-state index contributed by atoms with van der Waals surface area (Å²) in [5, 5.41) is 8.81. The molecule has 0 bridgehead atoms. The number of aryl methyl sites for hydroxylation is 2. The number of nitrogens with zero attached hydrogens (tertiary/aromatic N) is 2. The van der Waals surface area contributed by atoms with E-state index in [1.54, 1.807) is 36.9 Å². The number of thiophene rings is 1. The first-order chi connectivity index (χ1) is 9.50. The summed E-state index contributed by atoms with van der Waals surface area (Å²) < 4.78 is 1.61. The Morgan fingerprint density at radius 1 is 1.40 bits per heavy atom. The van der Waals surface area contributed by atoms with E-state index in [2.05, 4.69) is 10.4 Å². The van der Waals surface area contributed by atoms with Crippen LogP contribution in [0.5, 0.6) is 0 Å². The lowest BCUT2D eigenvalue weighted by atomic mass is 10.1. The van der Waals surface area contributed by atoms with Crippen LogP contribution in [0.3, 0.4) is 0 Å². The summed E-state index contributed by atoms with van der Waals surface area (Å²) in [6.07, 6.45) is 0.738. The third-order valence-electron chi connectivity index (χ3n) is 3.18. The minimum Gasteiger partial charge on any atom is -0.349 e. The van der Waals surface area contributed by atoms with Crippen LogP contribution in [0.1, 0.15) is 26.6 Å². The third-order valence-corrected chi connectivity index (χ3v) is 4.12. The van der Waals surface area contributed by atoms with Crippen molar-refractivity contribution in [2.75, 3.05) is 6.54 Å². The highest BCUT2D eigenvalue weighted by molar-refractivity contribution is 7.09. The van der Waals surface area contributed by atoms with Gasteiger partial charge in [-0.2, -0.15) is 5.10 Å². The van der Waals surface area contributed by atoms with Crippen molar-refractivity contribution in [2.24, 2.45) is 7.05 Å². The van der Waals surface area contributed by atoms with Crippen molar-refractivity contribution in [1.82, 2.24) is 15.1 Å². The number of rotatable bonds is 5. The van der Waals surface area contributed by atoms with Gasteiger partial charge in [-0.15, -0.1) is 11.3 Å². The Bertz CT molecular complexity index is 629. The zero-order valence-electron chi connectivity index (χ0n) is 11.8. The molecule has 6 heteroatoms. The molecule has 0 radical (unpaired) electrons. The molecule has 0 fully saturated rings. The van der Waals surface area contributed by atoms with E-state index in [0.717, 1.165) is 6.42 Å². The van der Waals surface area contributed by atoms with Crippen LogP contribution in [0.15, 0.2) is 17.5 Å². The second kappa shape index (κ2) is 6.00. The Labute approximate surface area is 121 Å². The molecule has 2 rings (SSSR count). The molecule has 2 aromatic heterocycles. The molecule has 1 amide bonds. The molecule has 5 nitrogen and oxygen atoms in total. The molecule has 0 spiro atoms. The van der Waals surface area contributed by atoms with Gasteiger partial charge >= 0.3 is 0 Å². The monoisotopic (exact) mass is 291 g/mol. The second-order valence-electron chi connectivity index (χ2n) is 4.58. The van der Waals surface area contributed by atoms with Gasteiger partial charge in [-0.05, 0) is 31.7 Å². The predicted octanol–water partition coefficient (Wildman–Crippen LogP) is 1.64. The lowest BCUT2D eigenvalue weighted by Crippen LogP contribution is -2.33. The molecule has 2 heterocycles. The number of hydrogen-bond donors (Lipinski definition) is 1. The molecule has 0 aromatic carbocycles. The number of carbonyl (C=O) groups is 2. The Balaban J connectivity index is 1.97. The van der Waals surface area contributed by atoms with Crippen molar-refractivity contribution in [3.05, 3.63) is 39.3 Å². The van der Waals surface area contributed by atoms with E-state index in [1.165, 1.54) is 4.88 Å². The first-order valence-corrected chi connectivity index (χ1v) is 7.23. The van der Waals surface area contributed by atoms with E-state index >= 15 is 0 Å². The van der Waals surface area contributed by atoms with E-state index in [9.17, 15) is 9.59 Å². The Morgan fingerprint density at radius 2 is 2.15 bits per heavy atom. The maximum Gasteiger partial charge on any atom is 0.292 e. The fourth-order valence-corrected chi connectivity index (χ4v) is 2.76. The third kappa shape index (κ3) is 2.96. The molecular formula is C14H17N3O2S. The zero-order valence-corrected chi connectivity index (χ0v) is 12.6. The van der Waals surface area contributed by atoms with Crippen molar-refractivity contribution in [3.8, 4) is 0 Å². The summed E-state index contributed by atoms with van der Waals surface area (Å²) in [5.74, 6) is -1.08. The maximum atomic E-state index is 12.1. The van der Waals surface area contributed by atoms with E-state index in [-0.39, 0.29) is 0 Å². The standard InChI is InChI=1S/C14H17N3O2S/c1-9-12(10(2)17(3)16-9)13(18)14(19)15-7-6-11-5-4-8-20-11/h4-5,8H,6-7H2,1-3H3,(H,15,19). The van der Waals surface area contributed by atoms with Gasteiger partial charge in [0.25, 0.3) is 11.7 Å². The Kier molecular flexibility index (Phi) is 4.34. The summed E-state index contributed by atoms with van der Waals surface area (Å²) in [4.78, 5) is 25.2. The maximum absolute atomic E-state index is 12.1. The fourth-order valence-electron chi connectivity index (χ4n) is 2.05. The SMILES string of the molecule is Cc1nn(C)c(C)c1C(=O)C(=O)NCCc1cccs1. The second-order valence-corrected chi connectivity index (χ2v) is 5.62. The largest absolute Gasteiger partial charge is 0.349 e. The lowest BCUT2D eigenvalue weighted by Gasteiger charge is -2.04. The van der Waals surface area contributed by atoms with Gasteiger partial charge in [0.15, 0.2) is 0 Å². The van der Waals surface area contributed by atoms with E-state index in [0.29, 0.717) is 23.5 Å². The molecule has 0 aliphatic carbocycles. The molecule has 1 N–H and O–H groups in total. The number of amides is 1. The number of Topliss-reactive ketones (excluding diaryl/α,β-unsaturated/α-hetero) is 1. The van der Waals surface area contributed by atoms with Crippen molar-refractivity contribution >= 4 is 23.0 Å². The zero-order chi connectivity index (χ0) is 14.7. The average Bonchev–Trinajstić information content (AvgIpc) is 2.99. The molecule has 106 valence electrons. The van der Waals surface area contributed by atoms with Gasteiger partial charge in [0.2, 0.25) is 0 Å². The molecule has 0 atom stereocenters. The highest BCUT2D eigenvalue weighted by atomic mass is 32.1. The van der Waals surface area contributed by atoms with Crippen LogP contribution in [0, 0.1) is 13.8 Å². The summed E-state index contributed by atoms with van der Waals surface area (Å²) in [6, 6.07) is 3.98. The fraction of sp³-hybridized carbons (Fsp3) is 0.357. The molecule has 0 saturated heterocycles. The summed E-state index contributed by atoms with van der Waals surface area (Å²) >= 11 is 1.64. The minimum absolute atomic E-state index is 0.404. The Morgan fingerprint density at radius 3 is 2.70 bits per heavy atom. The average molecular weight is 291 g/mol. The first kappa shape index (κ1) is 14.5. The van der Waals surface area contributed by atoms with Gasteiger partial charge in [0, 0.05) is 24.2 Å². The quantitative estimate of drug-likeness (QED) is 0.673. The molecule has 0 saturated carbocycles. The molecule has 20 heavy (non-hydrogen) atoms. The number of hydrogen-bond acceptors (Lipinski definition) is 4. The van der Waals surface area contributed by atoms with Crippen molar-refractivity contribution < 1.29 is 9.59 Å². The van der Waals surface area contributed by atoms with Gasteiger partial charge in [-0.25, -0.2) is 0 Å². The van der Waals surface area contributed by atoms with Crippen molar-refractivity contribution in [1.29, 1.82) is 0 Å². The lowest BCUT2D eigenvalue weighted by molar-refractivity contribution is -0.116. The highest BCUT2D eigenvalue weighted by Crippen LogP contribution is 2.13. The predicted molar refractivity (Wildman–Crippen MR) is 78.0 cm³/mol. The number of ketones is 1. The van der Waals surface area contributed by atoms with E-state index in [1.807, 2.05) is 17.5 Å². The summed E-state index contributed by atoms with van der Waals surface area (Å²) in [7, 11) is 1.76. The van der Waals surface area contributed by atoms with Gasteiger partial charge in [0.1, 0.15) is 0 Å². The van der Waals surface area contributed by atoms with E-state index < -0.39 is 11.7 Å². The smallest absolute Gasteiger partial charge is 0.292 e. The van der Waals surface area contributed by atoms with Gasteiger partial charge < -0.3 is 5.32 Å². The summed E-state index contributed by atoms with van der Waals surface area (Å²) in [6.45, 7) is 3.98. The number of carbonyl (C=O) groups excluding carboxylic acids is 2. The van der Waals surface area contributed by atoms with Crippen molar-refractivity contribution in [2.45, 2.75) is 20.3 Å². The van der Waals surface area contributed by atoms with Crippen LogP contribution in [0.2, 0.25) is 0 Å². The van der Waals surface area contributed by atoms with Crippen LogP contribution in [-0.2, 0) is 18.3 Å². The van der Waals surface area contributed by atoms with Gasteiger partial charge in [-0.1, -0.05) is 6.07 Å². The minimum atomic E-state index is -0.569. The molecule has 0 unspecified atom stereocenters. The number of nitrogens with one attached hydrogen (secondary N) is 1. The van der Waals surface area contributed by atoms with Gasteiger partial charge in [-0.3, -0.25) is 14.3 Å². The van der Waals surface area contributed by atoms with Crippen LogP contribution < -0.4 is 5.32 Å². The molecule has 2 aromatic rings. The Hall–Kier alpha value is -1.95. The first-order valence-electron chi connectivity index (χ1n) is 6.35. The van der Waals surface area contributed by atoms with Crippen LogP contribution >= 0.6 is 11.3 Å². The topological polar surface area (TPSA) is 64.0 Å². The van der Waals surface area contributed by atoms with Crippen LogP contribution in [0.25, 0.3) is 0 Å². The highest BCUT2D eigenvalue weighted by Gasteiger charge is 2.23. The van der Waals surface area contributed by atoms with Crippen LogP contribution in [-0.4, -0.2) is 28.0 Å². The van der Waals surface area contributed by atoms with E-state index in [4.69, 9.17) is 0 Å².